The van der Waals surface area contributed by atoms with Crippen molar-refractivity contribution in [2.45, 2.75) is 18.5 Å². The Hall–Kier alpha value is -3.24. The van der Waals surface area contributed by atoms with E-state index in [9.17, 15) is 14.0 Å². The molecule has 1 fully saturated rings. The largest absolute Gasteiger partial charge is 0.378 e. The number of morpholine rings is 1. The number of nitrogens with one attached hydrogen (secondary N) is 1. The zero-order valence-corrected chi connectivity index (χ0v) is 19.0. The second-order valence-corrected chi connectivity index (χ2v) is 8.33. The number of anilines is 2. The maximum atomic E-state index is 14.0. The predicted octanol–water partition coefficient (Wildman–Crippen LogP) is 3.57. The van der Waals surface area contributed by atoms with Gasteiger partial charge in [-0.1, -0.05) is 24.8 Å². The first-order valence-corrected chi connectivity index (χ1v) is 11.6. The van der Waals surface area contributed by atoms with Gasteiger partial charge in [0, 0.05) is 30.8 Å². The number of carbonyl (C=O) groups excluding carboxylic acids is 2. The summed E-state index contributed by atoms with van der Waals surface area (Å²) in [5.74, 6) is 0.191. The van der Waals surface area contributed by atoms with Gasteiger partial charge in [0.15, 0.2) is 10.9 Å². The molecule has 1 aliphatic heterocycles. The molecule has 0 aliphatic carbocycles. The summed E-state index contributed by atoms with van der Waals surface area (Å²) in [5, 5.41) is 11.9. The van der Waals surface area contributed by atoms with Crippen LogP contribution in [0, 0.1) is 5.82 Å². The SMILES string of the molecule is CCC(=O)Nc1ccc(C(=O)CSc2nnc(N3CCOCC3)n2-c2cccc(F)c2)cc1. The number of ketones is 1. The summed E-state index contributed by atoms with van der Waals surface area (Å²) < 4.78 is 21.2. The second-order valence-electron chi connectivity index (χ2n) is 7.39. The van der Waals surface area contributed by atoms with Gasteiger partial charge in [-0.15, -0.1) is 10.2 Å². The van der Waals surface area contributed by atoms with Gasteiger partial charge in [0.05, 0.1) is 24.7 Å². The number of thioether (sulfide) groups is 1. The van der Waals surface area contributed by atoms with Gasteiger partial charge in [0.1, 0.15) is 5.82 Å². The topological polar surface area (TPSA) is 89.3 Å². The number of hydrogen-bond donors (Lipinski definition) is 1. The molecule has 10 heteroatoms. The number of ether oxygens (including phenoxy) is 1. The maximum Gasteiger partial charge on any atom is 0.232 e. The van der Waals surface area contributed by atoms with E-state index in [1.165, 1.54) is 23.9 Å². The highest BCUT2D eigenvalue weighted by Crippen LogP contribution is 2.28. The summed E-state index contributed by atoms with van der Waals surface area (Å²) in [6.45, 7) is 4.23. The Kier molecular flexibility index (Phi) is 7.36. The van der Waals surface area contributed by atoms with Gasteiger partial charge in [-0.3, -0.25) is 14.2 Å². The van der Waals surface area contributed by atoms with E-state index in [0.29, 0.717) is 60.8 Å². The molecular formula is C23H24FN5O3S. The van der Waals surface area contributed by atoms with Crippen LogP contribution in [0.25, 0.3) is 5.69 Å². The average molecular weight is 470 g/mol. The monoisotopic (exact) mass is 469 g/mol. The Morgan fingerprint density at radius 1 is 1.12 bits per heavy atom. The Balaban J connectivity index is 1.52. The lowest BCUT2D eigenvalue weighted by atomic mass is 10.1. The van der Waals surface area contributed by atoms with Crippen molar-refractivity contribution >= 4 is 35.1 Å². The van der Waals surface area contributed by atoms with Crippen molar-refractivity contribution in [3.05, 3.63) is 59.9 Å². The van der Waals surface area contributed by atoms with Gasteiger partial charge < -0.3 is 15.0 Å². The molecule has 3 aromatic rings. The van der Waals surface area contributed by atoms with Gasteiger partial charge in [-0.05, 0) is 42.5 Å². The number of hydrogen-bond acceptors (Lipinski definition) is 7. The quantitative estimate of drug-likeness (QED) is 0.399. The molecule has 0 saturated carbocycles. The molecular weight excluding hydrogens is 445 g/mol. The molecule has 0 unspecified atom stereocenters. The third-order valence-electron chi connectivity index (χ3n) is 5.12. The Bertz CT molecular complexity index is 1130. The summed E-state index contributed by atoms with van der Waals surface area (Å²) in [6.07, 6.45) is 0.385. The zero-order valence-electron chi connectivity index (χ0n) is 18.2. The number of benzene rings is 2. The number of carbonyl (C=O) groups is 2. The number of Topliss-reactive ketones (excluding diaryl/α,β-unsaturated/α-hetero) is 1. The second kappa shape index (κ2) is 10.6. The third-order valence-corrected chi connectivity index (χ3v) is 6.05. The average Bonchev–Trinajstić information content (AvgIpc) is 3.27. The highest BCUT2D eigenvalue weighted by Gasteiger charge is 2.22. The van der Waals surface area contributed by atoms with Crippen LogP contribution in [0.1, 0.15) is 23.7 Å². The van der Waals surface area contributed by atoms with Crippen molar-refractivity contribution in [3.8, 4) is 5.69 Å². The number of halogens is 1. The van der Waals surface area contributed by atoms with Gasteiger partial charge in [0.25, 0.3) is 0 Å². The van der Waals surface area contributed by atoms with Crippen LogP contribution in [0.2, 0.25) is 0 Å². The molecule has 33 heavy (non-hydrogen) atoms. The molecule has 1 amide bonds. The van der Waals surface area contributed by atoms with Gasteiger partial charge in [-0.2, -0.15) is 0 Å². The van der Waals surface area contributed by atoms with Crippen molar-refractivity contribution in [2.24, 2.45) is 0 Å². The standard InChI is InChI=1S/C23H24FN5O3S/c1-2-21(31)25-18-8-6-16(7-9-18)20(30)15-33-23-27-26-22(28-10-12-32-13-11-28)29(23)19-5-3-4-17(24)14-19/h3-9,14H,2,10-13,15H2,1H3,(H,25,31). The molecule has 8 nitrogen and oxygen atoms in total. The molecule has 2 aromatic carbocycles. The predicted molar refractivity (Wildman–Crippen MR) is 125 cm³/mol. The van der Waals surface area contributed by atoms with Crippen molar-refractivity contribution in [3.63, 3.8) is 0 Å². The molecule has 0 radical (unpaired) electrons. The van der Waals surface area contributed by atoms with E-state index in [1.54, 1.807) is 47.9 Å². The van der Waals surface area contributed by atoms with Crippen LogP contribution in [0.5, 0.6) is 0 Å². The van der Waals surface area contributed by atoms with Crippen molar-refractivity contribution < 1.29 is 18.7 Å². The smallest absolute Gasteiger partial charge is 0.232 e. The lowest BCUT2D eigenvalue weighted by molar-refractivity contribution is -0.115. The first kappa shape index (κ1) is 22.9. The summed E-state index contributed by atoms with van der Waals surface area (Å²) >= 11 is 1.24. The van der Waals surface area contributed by atoms with Crippen LogP contribution in [0.15, 0.2) is 53.7 Å². The van der Waals surface area contributed by atoms with E-state index >= 15 is 0 Å². The number of nitrogens with zero attached hydrogens (tertiary/aromatic N) is 4. The molecule has 4 rings (SSSR count). The van der Waals surface area contributed by atoms with Crippen LogP contribution >= 0.6 is 11.8 Å². The fraction of sp³-hybridized carbons (Fsp3) is 0.304. The van der Waals surface area contributed by atoms with Gasteiger partial charge >= 0.3 is 0 Å². The molecule has 1 aliphatic rings. The zero-order chi connectivity index (χ0) is 23.2. The van der Waals surface area contributed by atoms with E-state index in [-0.39, 0.29) is 23.3 Å². The lowest BCUT2D eigenvalue weighted by Gasteiger charge is -2.27. The summed E-state index contributed by atoms with van der Waals surface area (Å²) in [6, 6.07) is 13.0. The minimum atomic E-state index is -0.364. The molecule has 0 bridgehead atoms. The summed E-state index contributed by atoms with van der Waals surface area (Å²) in [5.41, 5.74) is 1.77. The normalized spacial score (nSPS) is 13.7. The number of amides is 1. The van der Waals surface area contributed by atoms with E-state index in [1.807, 2.05) is 4.90 Å². The molecule has 0 spiro atoms. The molecule has 1 N–H and O–H groups in total. The van der Waals surface area contributed by atoms with Crippen LogP contribution < -0.4 is 10.2 Å². The van der Waals surface area contributed by atoms with Gasteiger partial charge in [-0.25, -0.2) is 4.39 Å². The number of aromatic nitrogens is 3. The highest BCUT2D eigenvalue weighted by atomic mass is 32.2. The number of rotatable bonds is 8. The Morgan fingerprint density at radius 3 is 2.58 bits per heavy atom. The van der Waals surface area contributed by atoms with E-state index < -0.39 is 0 Å². The molecule has 0 atom stereocenters. The lowest BCUT2D eigenvalue weighted by Crippen LogP contribution is -2.37. The molecule has 172 valence electrons. The minimum absolute atomic E-state index is 0.0858. The Morgan fingerprint density at radius 2 is 1.88 bits per heavy atom. The molecule has 1 aromatic heterocycles. The van der Waals surface area contributed by atoms with Crippen LogP contribution in [-0.2, 0) is 9.53 Å². The fourth-order valence-electron chi connectivity index (χ4n) is 3.37. The Labute approximate surface area is 195 Å². The summed E-state index contributed by atoms with van der Waals surface area (Å²) in [4.78, 5) is 26.3. The van der Waals surface area contributed by atoms with Gasteiger partial charge in [0.2, 0.25) is 11.9 Å². The van der Waals surface area contributed by atoms with Crippen molar-refractivity contribution in [1.29, 1.82) is 0 Å². The summed E-state index contributed by atoms with van der Waals surface area (Å²) in [7, 11) is 0. The highest BCUT2D eigenvalue weighted by molar-refractivity contribution is 7.99. The first-order valence-electron chi connectivity index (χ1n) is 10.6. The first-order chi connectivity index (χ1) is 16.0. The van der Waals surface area contributed by atoms with Crippen LogP contribution in [0.3, 0.4) is 0 Å². The van der Waals surface area contributed by atoms with E-state index in [2.05, 4.69) is 15.5 Å². The molecule has 2 heterocycles. The third kappa shape index (κ3) is 5.58. The van der Waals surface area contributed by atoms with Crippen LogP contribution in [-0.4, -0.2) is 58.5 Å². The van der Waals surface area contributed by atoms with Crippen molar-refractivity contribution in [2.75, 3.05) is 42.3 Å². The maximum absolute atomic E-state index is 14.0. The van der Waals surface area contributed by atoms with Crippen LogP contribution in [0.4, 0.5) is 16.0 Å². The van der Waals surface area contributed by atoms with Crippen molar-refractivity contribution in [1.82, 2.24) is 14.8 Å². The minimum Gasteiger partial charge on any atom is -0.378 e. The van der Waals surface area contributed by atoms with E-state index in [0.717, 1.165) is 0 Å². The fourth-order valence-corrected chi connectivity index (χ4v) is 4.21. The van der Waals surface area contributed by atoms with E-state index in [4.69, 9.17) is 4.74 Å². The molecule has 1 saturated heterocycles.